The topological polar surface area (TPSA) is 48.1 Å². The normalized spacial score (nSPS) is 24.1. The average Bonchev–Trinajstić information content (AvgIpc) is 2.42. The van der Waals surface area contributed by atoms with Gasteiger partial charge < -0.3 is 10.5 Å². The molecule has 1 fully saturated rings. The van der Waals surface area contributed by atoms with E-state index in [9.17, 15) is 0 Å². The van der Waals surface area contributed by atoms with Gasteiger partial charge in [-0.3, -0.25) is 4.98 Å². The highest BCUT2D eigenvalue weighted by atomic mass is 16.5. The average molecular weight is 242 g/mol. The Hall–Kier alpha value is -1.61. The van der Waals surface area contributed by atoms with Gasteiger partial charge in [0.05, 0.1) is 11.6 Å². The van der Waals surface area contributed by atoms with Crippen molar-refractivity contribution in [2.24, 2.45) is 5.73 Å². The van der Waals surface area contributed by atoms with Gasteiger partial charge in [0, 0.05) is 17.6 Å². The zero-order valence-electron chi connectivity index (χ0n) is 10.4. The van der Waals surface area contributed by atoms with E-state index >= 15 is 0 Å². The molecule has 1 heterocycles. The maximum atomic E-state index is 6.12. The van der Waals surface area contributed by atoms with Crippen LogP contribution in [-0.2, 0) is 0 Å². The van der Waals surface area contributed by atoms with Crippen LogP contribution in [0, 0.1) is 0 Å². The van der Waals surface area contributed by atoms with Gasteiger partial charge in [0.15, 0.2) is 0 Å². The van der Waals surface area contributed by atoms with Gasteiger partial charge in [0.1, 0.15) is 5.75 Å². The number of pyridine rings is 1. The molecule has 0 radical (unpaired) electrons. The Morgan fingerprint density at radius 1 is 1.06 bits per heavy atom. The molecule has 18 heavy (non-hydrogen) atoms. The molecule has 0 amide bonds. The van der Waals surface area contributed by atoms with E-state index < -0.39 is 0 Å². The molecule has 1 aliphatic rings. The van der Waals surface area contributed by atoms with Crippen molar-refractivity contribution in [3.63, 3.8) is 0 Å². The molecule has 1 saturated carbocycles. The first-order chi connectivity index (χ1) is 8.83. The zero-order valence-corrected chi connectivity index (χ0v) is 10.4. The lowest BCUT2D eigenvalue weighted by Gasteiger charge is -2.27. The van der Waals surface area contributed by atoms with Crippen molar-refractivity contribution in [2.45, 2.75) is 37.8 Å². The summed E-state index contributed by atoms with van der Waals surface area (Å²) in [6.07, 6.45) is 6.35. The third-order valence-electron chi connectivity index (χ3n) is 3.62. The van der Waals surface area contributed by atoms with Crippen LogP contribution in [0.3, 0.4) is 0 Å². The summed E-state index contributed by atoms with van der Waals surface area (Å²) in [5.74, 6) is 0.945. The first kappa shape index (κ1) is 11.5. The van der Waals surface area contributed by atoms with Crippen molar-refractivity contribution < 1.29 is 4.74 Å². The molecule has 0 aliphatic heterocycles. The molecule has 3 rings (SSSR count). The van der Waals surface area contributed by atoms with Gasteiger partial charge in [-0.2, -0.15) is 0 Å². The molecule has 2 aromatic rings. The van der Waals surface area contributed by atoms with Crippen molar-refractivity contribution >= 4 is 10.9 Å². The van der Waals surface area contributed by atoms with E-state index in [-0.39, 0.29) is 0 Å². The van der Waals surface area contributed by atoms with Gasteiger partial charge >= 0.3 is 0 Å². The number of nitrogens with zero attached hydrogens (tertiary/aromatic N) is 1. The number of ether oxygens (including phenoxy) is 1. The fourth-order valence-electron chi connectivity index (χ4n) is 2.56. The fraction of sp³-hybridized carbons (Fsp3) is 0.400. The summed E-state index contributed by atoms with van der Waals surface area (Å²) < 4.78 is 6.12. The minimum absolute atomic E-state index is 0.301. The predicted molar refractivity (Wildman–Crippen MR) is 72.6 cm³/mol. The summed E-state index contributed by atoms with van der Waals surface area (Å²) in [4.78, 5) is 4.35. The quantitative estimate of drug-likeness (QED) is 0.880. The van der Waals surface area contributed by atoms with Crippen LogP contribution in [-0.4, -0.2) is 17.1 Å². The summed E-state index contributed by atoms with van der Waals surface area (Å²) in [5.41, 5.74) is 6.90. The molecular weight excluding hydrogens is 224 g/mol. The maximum Gasteiger partial charge on any atom is 0.129 e. The number of benzene rings is 1. The largest absolute Gasteiger partial charge is 0.490 e. The summed E-state index contributed by atoms with van der Waals surface area (Å²) in [5, 5.41) is 1.09. The SMILES string of the molecule is NC1CCC(Oc2cccc3ncccc23)CC1. The second kappa shape index (κ2) is 4.94. The van der Waals surface area contributed by atoms with E-state index in [1.54, 1.807) is 0 Å². The number of aromatic nitrogens is 1. The molecule has 0 bridgehead atoms. The minimum atomic E-state index is 0.301. The van der Waals surface area contributed by atoms with Crippen molar-refractivity contribution in [1.82, 2.24) is 4.98 Å². The number of hydrogen-bond donors (Lipinski definition) is 1. The van der Waals surface area contributed by atoms with Crippen LogP contribution in [0.15, 0.2) is 36.5 Å². The van der Waals surface area contributed by atoms with E-state index in [0.717, 1.165) is 42.3 Å². The lowest BCUT2D eigenvalue weighted by Crippen LogP contribution is -2.31. The van der Waals surface area contributed by atoms with E-state index in [1.807, 2.05) is 30.5 Å². The fourth-order valence-corrected chi connectivity index (χ4v) is 2.56. The molecule has 0 spiro atoms. The van der Waals surface area contributed by atoms with Gasteiger partial charge in [-0.1, -0.05) is 6.07 Å². The molecule has 2 N–H and O–H groups in total. The molecule has 0 saturated heterocycles. The van der Waals surface area contributed by atoms with Crippen LogP contribution in [0.4, 0.5) is 0 Å². The van der Waals surface area contributed by atoms with E-state index in [4.69, 9.17) is 10.5 Å². The molecule has 1 aromatic carbocycles. The van der Waals surface area contributed by atoms with Crippen molar-refractivity contribution in [3.05, 3.63) is 36.5 Å². The summed E-state index contributed by atoms with van der Waals surface area (Å²) in [7, 11) is 0. The van der Waals surface area contributed by atoms with Gasteiger partial charge in [0.25, 0.3) is 0 Å². The summed E-state index contributed by atoms with van der Waals surface area (Å²) in [6.45, 7) is 0. The van der Waals surface area contributed by atoms with Crippen molar-refractivity contribution in [1.29, 1.82) is 0 Å². The third kappa shape index (κ3) is 2.31. The monoisotopic (exact) mass is 242 g/mol. The van der Waals surface area contributed by atoms with Crippen LogP contribution >= 0.6 is 0 Å². The predicted octanol–water partition coefficient (Wildman–Crippen LogP) is 2.88. The highest BCUT2D eigenvalue weighted by Crippen LogP contribution is 2.28. The van der Waals surface area contributed by atoms with Crippen LogP contribution in [0.5, 0.6) is 5.75 Å². The standard InChI is InChI=1S/C15H18N2O/c16-11-6-8-12(9-7-11)18-15-5-1-4-14-13(15)3-2-10-17-14/h1-5,10-12H,6-9,16H2. The third-order valence-corrected chi connectivity index (χ3v) is 3.62. The van der Waals surface area contributed by atoms with Crippen LogP contribution < -0.4 is 10.5 Å². The van der Waals surface area contributed by atoms with Gasteiger partial charge in [0.2, 0.25) is 0 Å². The second-order valence-corrected chi connectivity index (χ2v) is 4.98. The van der Waals surface area contributed by atoms with E-state index in [0.29, 0.717) is 12.1 Å². The van der Waals surface area contributed by atoms with Gasteiger partial charge in [-0.25, -0.2) is 0 Å². The van der Waals surface area contributed by atoms with E-state index in [2.05, 4.69) is 11.1 Å². The van der Waals surface area contributed by atoms with Crippen molar-refractivity contribution in [2.75, 3.05) is 0 Å². The molecule has 3 nitrogen and oxygen atoms in total. The highest BCUT2D eigenvalue weighted by molar-refractivity contribution is 5.84. The Labute approximate surface area is 107 Å². The maximum absolute atomic E-state index is 6.12. The Bertz CT molecular complexity index is 528. The molecule has 1 aromatic heterocycles. The minimum Gasteiger partial charge on any atom is -0.490 e. The molecule has 1 aliphatic carbocycles. The van der Waals surface area contributed by atoms with Crippen LogP contribution in [0.25, 0.3) is 10.9 Å². The van der Waals surface area contributed by atoms with Crippen LogP contribution in [0.2, 0.25) is 0 Å². The lowest BCUT2D eigenvalue weighted by molar-refractivity contribution is 0.149. The molecule has 0 atom stereocenters. The Morgan fingerprint density at radius 3 is 2.72 bits per heavy atom. The number of nitrogens with two attached hydrogens (primary N) is 1. The first-order valence-electron chi connectivity index (χ1n) is 6.59. The molecule has 3 heteroatoms. The lowest BCUT2D eigenvalue weighted by atomic mass is 9.93. The second-order valence-electron chi connectivity index (χ2n) is 4.98. The molecule has 94 valence electrons. The number of hydrogen-bond acceptors (Lipinski definition) is 3. The Morgan fingerprint density at radius 2 is 1.89 bits per heavy atom. The first-order valence-corrected chi connectivity index (χ1v) is 6.59. The summed E-state index contributed by atoms with van der Waals surface area (Å²) in [6, 6.07) is 10.4. The number of rotatable bonds is 2. The summed E-state index contributed by atoms with van der Waals surface area (Å²) >= 11 is 0. The number of fused-ring (bicyclic) bond motifs is 1. The van der Waals surface area contributed by atoms with Gasteiger partial charge in [-0.05, 0) is 49.9 Å². The zero-order chi connectivity index (χ0) is 12.4. The smallest absolute Gasteiger partial charge is 0.129 e. The van der Waals surface area contributed by atoms with E-state index in [1.165, 1.54) is 0 Å². The van der Waals surface area contributed by atoms with Gasteiger partial charge in [-0.15, -0.1) is 0 Å². The van der Waals surface area contributed by atoms with Crippen LogP contribution in [0.1, 0.15) is 25.7 Å². The molecular formula is C15H18N2O. The molecule has 0 unspecified atom stereocenters. The van der Waals surface area contributed by atoms with Crippen molar-refractivity contribution in [3.8, 4) is 5.75 Å². The Kier molecular flexibility index (Phi) is 3.15. The Balaban J connectivity index is 1.82. The highest BCUT2D eigenvalue weighted by Gasteiger charge is 2.20.